The van der Waals surface area contributed by atoms with Crippen LogP contribution >= 0.6 is 0 Å². The summed E-state index contributed by atoms with van der Waals surface area (Å²) in [4.78, 5) is 24.7. The van der Waals surface area contributed by atoms with Crippen molar-refractivity contribution in [1.82, 2.24) is 10.2 Å². The third kappa shape index (κ3) is 2.51. The quantitative estimate of drug-likeness (QED) is 0.819. The lowest BCUT2D eigenvalue weighted by molar-refractivity contribution is -0.151. The molecule has 18 heavy (non-hydrogen) atoms. The molecule has 1 heterocycles. The van der Waals surface area contributed by atoms with Crippen molar-refractivity contribution >= 4 is 11.9 Å². The van der Waals surface area contributed by atoms with E-state index in [2.05, 4.69) is 5.32 Å². The Balaban J connectivity index is 2.33. The number of aliphatic carboxylic acids is 1. The summed E-state index contributed by atoms with van der Waals surface area (Å²) >= 11 is 0. The van der Waals surface area contributed by atoms with Crippen molar-refractivity contribution < 1.29 is 14.7 Å². The number of rotatable bonds is 3. The number of nitrogens with one attached hydrogen (secondary N) is 1. The number of benzene rings is 1. The van der Waals surface area contributed by atoms with Crippen LogP contribution < -0.4 is 5.32 Å². The summed E-state index contributed by atoms with van der Waals surface area (Å²) in [5.74, 6) is -1.16. The van der Waals surface area contributed by atoms with Gasteiger partial charge in [0.1, 0.15) is 0 Å². The normalized spacial score (nSPS) is 17.6. The van der Waals surface area contributed by atoms with Gasteiger partial charge in [0.05, 0.1) is 6.54 Å². The van der Waals surface area contributed by atoms with Crippen LogP contribution in [0.2, 0.25) is 0 Å². The predicted molar refractivity (Wildman–Crippen MR) is 66.1 cm³/mol. The maximum Gasteiger partial charge on any atom is 0.331 e. The largest absolute Gasteiger partial charge is 0.479 e. The zero-order valence-electron chi connectivity index (χ0n) is 10.2. The Morgan fingerprint density at radius 2 is 2.28 bits per heavy atom. The first kappa shape index (κ1) is 12.6. The second-order valence-corrected chi connectivity index (χ2v) is 4.42. The van der Waals surface area contributed by atoms with Gasteiger partial charge in [-0.15, -0.1) is 0 Å². The number of hydrogen-bond donors (Lipinski definition) is 2. The van der Waals surface area contributed by atoms with Crippen LogP contribution in [-0.2, 0) is 9.59 Å². The summed E-state index contributed by atoms with van der Waals surface area (Å²) < 4.78 is 0. The van der Waals surface area contributed by atoms with E-state index in [9.17, 15) is 14.7 Å². The van der Waals surface area contributed by atoms with Crippen molar-refractivity contribution in [3.8, 4) is 0 Å². The molecule has 5 heteroatoms. The van der Waals surface area contributed by atoms with Crippen molar-refractivity contribution in [2.75, 3.05) is 19.6 Å². The SMILES string of the molecule is Cc1cccc(C(C(=O)O)N2CCNCC2=O)c1. The molecule has 1 aromatic rings. The fourth-order valence-electron chi connectivity index (χ4n) is 2.19. The van der Waals surface area contributed by atoms with Crippen molar-refractivity contribution in [3.05, 3.63) is 35.4 Å². The second-order valence-electron chi connectivity index (χ2n) is 4.42. The molecule has 2 N–H and O–H groups in total. The molecule has 1 aromatic carbocycles. The van der Waals surface area contributed by atoms with Crippen LogP contribution in [-0.4, -0.2) is 41.5 Å². The highest BCUT2D eigenvalue weighted by Gasteiger charge is 2.32. The number of nitrogens with zero attached hydrogens (tertiary/aromatic N) is 1. The van der Waals surface area contributed by atoms with E-state index >= 15 is 0 Å². The highest BCUT2D eigenvalue weighted by molar-refractivity contribution is 5.86. The van der Waals surface area contributed by atoms with Gasteiger partial charge in [0, 0.05) is 13.1 Å². The summed E-state index contributed by atoms with van der Waals surface area (Å²) in [5.41, 5.74) is 1.64. The molecule has 0 aromatic heterocycles. The Kier molecular flexibility index (Phi) is 3.62. The van der Waals surface area contributed by atoms with E-state index in [1.54, 1.807) is 6.07 Å². The number of carbonyl (C=O) groups is 2. The number of amides is 1. The Bertz CT molecular complexity index is 473. The zero-order chi connectivity index (χ0) is 13.1. The smallest absolute Gasteiger partial charge is 0.331 e. The van der Waals surface area contributed by atoms with E-state index < -0.39 is 12.0 Å². The van der Waals surface area contributed by atoms with Gasteiger partial charge in [-0.3, -0.25) is 4.79 Å². The van der Waals surface area contributed by atoms with Crippen molar-refractivity contribution in [2.45, 2.75) is 13.0 Å². The van der Waals surface area contributed by atoms with E-state index in [-0.39, 0.29) is 12.5 Å². The lowest BCUT2D eigenvalue weighted by Gasteiger charge is -2.32. The standard InChI is InChI=1S/C13H16N2O3/c1-9-3-2-4-10(7-9)12(13(17)18)15-6-5-14-8-11(15)16/h2-4,7,12,14H,5-6,8H2,1H3,(H,17,18). The van der Waals surface area contributed by atoms with Gasteiger partial charge < -0.3 is 15.3 Å². The van der Waals surface area contributed by atoms with E-state index in [1.165, 1.54) is 4.90 Å². The Hall–Kier alpha value is -1.88. The molecule has 2 rings (SSSR count). The molecule has 0 saturated carbocycles. The Labute approximate surface area is 105 Å². The minimum Gasteiger partial charge on any atom is -0.479 e. The summed E-state index contributed by atoms with van der Waals surface area (Å²) in [6.07, 6.45) is 0. The van der Waals surface area contributed by atoms with Crippen LogP contribution in [0.3, 0.4) is 0 Å². The van der Waals surface area contributed by atoms with E-state index in [4.69, 9.17) is 0 Å². The van der Waals surface area contributed by atoms with Crippen LogP contribution in [0.15, 0.2) is 24.3 Å². The molecule has 96 valence electrons. The zero-order valence-corrected chi connectivity index (χ0v) is 10.2. The molecule has 1 amide bonds. The number of carboxylic acids is 1. The van der Waals surface area contributed by atoms with E-state index in [1.807, 2.05) is 25.1 Å². The molecular formula is C13H16N2O3. The third-order valence-electron chi connectivity index (χ3n) is 3.03. The van der Waals surface area contributed by atoms with Crippen molar-refractivity contribution in [3.63, 3.8) is 0 Å². The van der Waals surface area contributed by atoms with Crippen molar-refractivity contribution in [1.29, 1.82) is 0 Å². The van der Waals surface area contributed by atoms with Crippen LogP contribution in [0.4, 0.5) is 0 Å². The fourth-order valence-corrected chi connectivity index (χ4v) is 2.19. The monoisotopic (exact) mass is 248 g/mol. The number of carboxylic acid groups (broad SMARTS) is 1. The van der Waals surface area contributed by atoms with Gasteiger partial charge in [-0.2, -0.15) is 0 Å². The number of piperazine rings is 1. The second kappa shape index (κ2) is 5.18. The molecule has 1 unspecified atom stereocenters. The minimum atomic E-state index is -0.990. The highest BCUT2D eigenvalue weighted by atomic mass is 16.4. The van der Waals surface area contributed by atoms with Gasteiger partial charge in [-0.05, 0) is 12.5 Å². The molecule has 0 aliphatic carbocycles. The minimum absolute atomic E-state index is 0.171. The first-order valence-corrected chi connectivity index (χ1v) is 5.89. The molecule has 1 fully saturated rings. The van der Waals surface area contributed by atoms with Gasteiger partial charge in [0.2, 0.25) is 5.91 Å². The molecular weight excluding hydrogens is 232 g/mol. The van der Waals surface area contributed by atoms with Gasteiger partial charge >= 0.3 is 5.97 Å². The van der Waals surface area contributed by atoms with Gasteiger partial charge in [0.25, 0.3) is 0 Å². The maximum absolute atomic E-state index is 11.8. The lowest BCUT2D eigenvalue weighted by Crippen LogP contribution is -2.51. The molecule has 1 aliphatic heterocycles. The number of carbonyl (C=O) groups excluding carboxylic acids is 1. The molecule has 5 nitrogen and oxygen atoms in total. The average Bonchev–Trinajstić information content (AvgIpc) is 2.32. The van der Waals surface area contributed by atoms with Crippen molar-refractivity contribution in [2.24, 2.45) is 0 Å². The van der Waals surface area contributed by atoms with Crippen LogP contribution in [0.25, 0.3) is 0 Å². The highest BCUT2D eigenvalue weighted by Crippen LogP contribution is 2.22. The molecule has 0 spiro atoms. The Morgan fingerprint density at radius 1 is 1.50 bits per heavy atom. The summed E-state index contributed by atoms with van der Waals surface area (Å²) in [7, 11) is 0. The molecule has 0 radical (unpaired) electrons. The summed E-state index contributed by atoms with van der Waals surface area (Å²) in [6.45, 7) is 3.16. The first-order chi connectivity index (χ1) is 8.59. The Morgan fingerprint density at radius 3 is 2.89 bits per heavy atom. The summed E-state index contributed by atoms with van der Waals surface area (Å²) in [6, 6.07) is 6.39. The maximum atomic E-state index is 11.8. The molecule has 1 aliphatic rings. The lowest BCUT2D eigenvalue weighted by atomic mass is 10.0. The van der Waals surface area contributed by atoms with Crippen LogP contribution in [0, 0.1) is 6.92 Å². The van der Waals surface area contributed by atoms with Gasteiger partial charge in [-0.1, -0.05) is 29.8 Å². The van der Waals surface area contributed by atoms with Crippen LogP contribution in [0.1, 0.15) is 17.2 Å². The number of hydrogen-bond acceptors (Lipinski definition) is 3. The molecule has 1 atom stereocenters. The fraction of sp³-hybridized carbons (Fsp3) is 0.385. The third-order valence-corrected chi connectivity index (χ3v) is 3.03. The van der Waals surface area contributed by atoms with E-state index in [0.29, 0.717) is 18.7 Å². The summed E-state index contributed by atoms with van der Waals surface area (Å²) in [5, 5.41) is 12.3. The molecule has 0 bridgehead atoms. The molecule has 1 saturated heterocycles. The average molecular weight is 248 g/mol. The van der Waals surface area contributed by atoms with E-state index in [0.717, 1.165) is 5.56 Å². The van der Waals surface area contributed by atoms with Gasteiger partial charge in [0.15, 0.2) is 6.04 Å². The van der Waals surface area contributed by atoms with Crippen LogP contribution in [0.5, 0.6) is 0 Å². The first-order valence-electron chi connectivity index (χ1n) is 5.89. The van der Waals surface area contributed by atoms with Gasteiger partial charge in [-0.25, -0.2) is 4.79 Å². The predicted octanol–water partition coefficient (Wildman–Crippen LogP) is 0.553. The number of aryl methyl sites for hydroxylation is 1. The topological polar surface area (TPSA) is 69.6 Å².